The summed E-state index contributed by atoms with van der Waals surface area (Å²) in [6, 6.07) is 15.2. The van der Waals surface area contributed by atoms with Gasteiger partial charge in [0.15, 0.2) is 0 Å². The van der Waals surface area contributed by atoms with Crippen LogP contribution in [0.1, 0.15) is 0 Å². The molecule has 3 aromatic rings. The van der Waals surface area contributed by atoms with Crippen molar-refractivity contribution in [2.75, 3.05) is 5.32 Å². The Balaban J connectivity index is 1.70. The number of nitrogens with zero attached hydrogens (tertiary/aromatic N) is 4. The maximum Gasteiger partial charge on any atom is 0.248 e. The largest absolute Gasteiger partial charge is 0.324 e. The van der Waals surface area contributed by atoms with Crippen LogP contribution >= 0.6 is 0 Å². The summed E-state index contributed by atoms with van der Waals surface area (Å²) in [6.07, 6.45) is 0. The van der Waals surface area contributed by atoms with E-state index in [2.05, 4.69) is 20.7 Å². The number of para-hydroxylation sites is 1. The number of hydrogen-bond donors (Lipinski definition) is 1. The number of carbonyl (C=O) groups is 1. The number of anilines is 1. The standard InChI is InChI=1S/C15H12FN5O/c16-13-9-5-4-8-12(13)15-18-20-21(19-15)10-14(22)17-11-6-2-1-3-7-11/h1-9H,10H2,(H,17,22). The fourth-order valence-electron chi connectivity index (χ4n) is 1.91. The molecule has 1 heterocycles. The van der Waals surface area contributed by atoms with Gasteiger partial charge in [0.2, 0.25) is 11.7 Å². The minimum Gasteiger partial charge on any atom is -0.324 e. The van der Waals surface area contributed by atoms with Crippen molar-refractivity contribution in [3.8, 4) is 11.4 Å². The van der Waals surface area contributed by atoms with E-state index in [0.717, 1.165) is 4.80 Å². The summed E-state index contributed by atoms with van der Waals surface area (Å²) in [5, 5.41) is 14.3. The Bertz CT molecular complexity index is 787. The molecular formula is C15H12FN5O. The lowest BCUT2D eigenvalue weighted by atomic mass is 10.2. The number of aromatic nitrogens is 4. The number of nitrogens with one attached hydrogen (secondary N) is 1. The molecule has 0 saturated heterocycles. The molecule has 22 heavy (non-hydrogen) atoms. The minimum absolute atomic E-state index is 0.101. The first-order valence-electron chi connectivity index (χ1n) is 6.60. The van der Waals surface area contributed by atoms with Gasteiger partial charge in [-0.2, -0.15) is 4.80 Å². The molecule has 0 fully saturated rings. The highest BCUT2D eigenvalue weighted by atomic mass is 19.1. The quantitative estimate of drug-likeness (QED) is 0.800. The van der Waals surface area contributed by atoms with Crippen molar-refractivity contribution in [2.24, 2.45) is 0 Å². The van der Waals surface area contributed by atoms with Crippen LogP contribution in [0.4, 0.5) is 10.1 Å². The van der Waals surface area contributed by atoms with Crippen LogP contribution < -0.4 is 5.32 Å². The molecule has 0 bridgehead atoms. The molecule has 0 atom stereocenters. The van der Waals surface area contributed by atoms with Crippen LogP contribution in [0.15, 0.2) is 54.6 Å². The molecule has 1 N–H and O–H groups in total. The molecule has 0 radical (unpaired) electrons. The highest BCUT2D eigenvalue weighted by Crippen LogP contribution is 2.17. The van der Waals surface area contributed by atoms with E-state index in [0.29, 0.717) is 5.69 Å². The first-order valence-corrected chi connectivity index (χ1v) is 6.60. The molecular weight excluding hydrogens is 285 g/mol. The second-order valence-electron chi connectivity index (χ2n) is 4.54. The van der Waals surface area contributed by atoms with Gasteiger partial charge in [-0.15, -0.1) is 10.2 Å². The average molecular weight is 297 g/mol. The van der Waals surface area contributed by atoms with Gasteiger partial charge in [-0.1, -0.05) is 30.3 Å². The molecule has 1 amide bonds. The molecule has 7 heteroatoms. The second kappa shape index (κ2) is 6.13. The molecule has 6 nitrogen and oxygen atoms in total. The predicted octanol–water partition coefficient (Wildman–Crippen LogP) is 2.12. The average Bonchev–Trinajstić information content (AvgIpc) is 2.97. The van der Waals surface area contributed by atoms with E-state index in [1.54, 1.807) is 30.3 Å². The lowest BCUT2D eigenvalue weighted by Crippen LogP contribution is -2.20. The lowest BCUT2D eigenvalue weighted by Gasteiger charge is -2.03. The minimum atomic E-state index is -0.434. The van der Waals surface area contributed by atoms with Crippen molar-refractivity contribution in [1.82, 2.24) is 20.2 Å². The van der Waals surface area contributed by atoms with Crippen LogP contribution in [0.2, 0.25) is 0 Å². The zero-order chi connectivity index (χ0) is 15.4. The van der Waals surface area contributed by atoms with Gasteiger partial charge < -0.3 is 5.32 Å². The van der Waals surface area contributed by atoms with Gasteiger partial charge in [-0.3, -0.25) is 4.79 Å². The molecule has 110 valence electrons. The van der Waals surface area contributed by atoms with Crippen LogP contribution in [-0.2, 0) is 11.3 Å². The van der Waals surface area contributed by atoms with Gasteiger partial charge in [0, 0.05) is 5.69 Å². The molecule has 0 saturated carbocycles. The third-order valence-electron chi connectivity index (χ3n) is 2.91. The smallest absolute Gasteiger partial charge is 0.248 e. The summed E-state index contributed by atoms with van der Waals surface area (Å²) >= 11 is 0. The van der Waals surface area contributed by atoms with E-state index in [1.165, 1.54) is 6.07 Å². The van der Waals surface area contributed by atoms with Crippen molar-refractivity contribution < 1.29 is 9.18 Å². The number of amides is 1. The maximum atomic E-state index is 13.6. The van der Waals surface area contributed by atoms with E-state index in [4.69, 9.17) is 0 Å². The number of rotatable bonds is 4. The van der Waals surface area contributed by atoms with Crippen molar-refractivity contribution in [3.05, 3.63) is 60.4 Å². The van der Waals surface area contributed by atoms with Gasteiger partial charge >= 0.3 is 0 Å². The summed E-state index contributed by atoms with van der Waals surface area (Å²) in [5.41, 5.74) is 0.930. The summed E-state index contributed by atoms with van der Waals surface area (Å²) < 4.78 is 13.6. The van der Waals surface area contributed by atoms with Crippen LogP contribution in [0.25, 0.3) is 11.4 Å². The van der Waals surface area contributed by atoms with Crippen LogP contribution in [0, 0.1) is 5.82 Å². The monoisotopic (exact) mass is 297 g/mol. The molecule has 1 aromatic heterocycles. The van der Waals surface area contributed by atoms with Crippen molar-refractivity contribution in [2.45, 2.75) is 6.54 Å². The van der Waals surface area contributed by atoms with Gasteiger partial charge in [-0.05, 0) is 29.5 Å². The van der Waals surface area contributed by atoms with Crippen molar-refractivity contribution >= 4 is 11.6 Å². The van der Waals surface area contributed by atoms with Crippen molar-refractivity contribution in [1.29, 1.82) is 0 Å². The van der Waals surface area contributed by atoms with E-state index in [1.807, 2.05) is 18.2 Å². The molecule has 2 aromatic carbocycles. The number of hydrogen-bond acceptors (Lipinski definition) is 4. The molecule has 0 unspecified atom stereocenters. The number of carbonyl (C=O) groups excluding carboxylic acids is 1. The van der Waals surface area contributed by atoms with Crippen LogP contribution in [0.3, 0.4) is 0 Å². The van der Waals surface area contributed by atoms with Crippen LogP contribution in [0.5, 0.6) is 0 Å². The number of benzene rings is 2. The number of halogens is 1. The first kappa shape index (κ1) is 13.9. The fraction of sp³-hybridized carbons (Fsp3) is 0.0667. The first-order chi connectivity index (χ1) is 10.7. The Morgan fingerprint density at radius 2 is 1.82 bits per heavy atom. The highest BCUT2D eigenvalue weighted by molar-refractivity contribution is 5.90. The SMILES string of the molecule is O=C(Cn1nnc(-c2ccccc2F)n1)Nc1ccccc1. The van der Waals surface area contributed by atoms with E-state index in [9.17, 15) is 9.18 Å². The number of tetrazole rings is 1. The van der Waals surface area contributed by atoms with Crippen LogP contribution in [-0.4, -0.2) is 26.1 Å². The molecule has 0 aliphatic carbocycles. The third-order valence-corrected chi connectivity index (χ3v) is 2.91. The molecule has 0 aliphatic heterocycles. The van der Waals surface area contributed by atoms with Gasteiger partial charge in [-0.25, -0.2) is 4.39 Å². The van der Waals surface area contributed by atoms with E-state index >= 15 is 0 Å². The normalized spacial score (nSPS) is 10.4. The van der Waals surface area contributed by atoms with E-state index < -0.39 is 5.82 Å². The fourth-order valence-corrected chi connectivity index (χ4v) is 1.91. The zero-order valence-electron chi connectivity index (χ0n) is 11.5. The summed E-state index contributed by atoms with van der Waals surface area (Å²) in [4.78, 5) is 13.0. The second-order valence-corrected chi connectivity index (χ2v) is 4.54. The van der Waals surface area contributed by atoms with Gasteiger partial charge in [0.1, 0.15) is 12.4 Å². The van der Waals surface area contributed by atoms with Gasteiger partial charge in [0.05, 0.1) is 5.56 Å². The summed E-state index contributed by atoms with van der Waals surface area (Å²) in [7, 11) is 0. The van der Waals surface area contributed by atoms with E-state index in [-0.39, 0.29) is 23.8 Å². The highest BCUT2D eigenvalue weighted by Gasteiger charge is 2.12. The van der Waals surface area contributed by atoms with Crippen molar-refractivity contribution in [3.63, 3.8) is 0 Å². The Morgan fingerprint density at radius 3 is 2.59 bits per heavy atom. The molecule has 0 aliphatic rings. The Morgan fingerprint density at radius 1 is 1.09 bits per heavy atom. The van der Waals surface area contributed by atoms with Gasteiger partial charge in [0.25, 0.3) is 0 Å². The molecule has 0 spiro atoms. The summed E-state index contributed by atoms with van der Waals surface area (Å²) in [5.74, 6) is -0.579. The Hall–Kier alpha value is -3.09. The Kier molecular flexibility index (Phi) is 3.86. The zero-order valence-corrected chi connectivity index (χ0v) is 11.5. The maximum absolute atomic E-state index is 13.6. The topological polar surface area (TPSA) is 72.7 Å². The molecule has 3 rings (SSSR count). The third kappa shape index (κ3) is 3.14. The Labute approximate surface area is 125 Å². The predicted molar refractivity (Wildman–Crippen MR) is 78.3 cm³/mol. The lowest BCUT2D eigenvalue weighted by molar-refractivity contribution is -0.117. The summed E-state index contributed by atoms with van der Waals surface area (Å²) in [6.45, 7) is -0.101.